The number of carbonyl (C=O) groups is 2. The first-order chi connectivity index (χ1) is 12.9. The van der Waals surface area contributed by atoms with Gasteiger partial charge in [-0.25, -0.2) is 13.2 Å². The van der Waals surface area contributed by atoms with E-state index >= 15 is 0 Å². The lowest BCUT2D eigenvalue weighted by Crippen LogP contribution is -2.30. The molecule has 0 aliphatic rings. The standard InChI is InChI=1S/C21H25NO5S/c1-14(19(23)22-17-11-9-16(10-12-17)21(2,3)4)27-20(24)15-7-6-8-18(13-15)28(5,25)26/h6-14H,1-5H3,(H,22,23)/t14-/m0/s1. The van der Waals surface area contributed by atoms with Crippen LogP contribution in [0, 0.1) is 0 Å². The van der Waals surface area contributed by atoms with Crippen molar-refractivity contribution in [3.63, 3.8) is 0 Å². The van der Waals surface area contributed by atoms with Crippen LogP contribution in [-0.4, -0.2) is 32.7 Å². The van der Waals surface area contributed by atoms with Crippen molar-refractivity contribution >= 4 is 27.4 Å². The van der Waals surface area contributed by atoms with Crippen molar-refractivity contribution in [1.82, 2.24) is 0 Å². The van der Waals surface area contributed by atoms with E-state index in [1.165, 1.54) is 31.2 Å². The molecule has 2 aromatic carbocycles. The Balaban J connectivity index is 2.03. The van der Waals surface area contributed by atoms with Gasteiger partial charge in [-0.05, 0) is 48.2 Å². The van der Waals surface area contributed by atoms with Gasteiger partial charge in [-0.3, -0.25) is 4.79 Å². The second-order valence-corrected chi connectivity index (χ2v) is 9.68. The molecule has 6 nitrogen and oxygen atoms in total. The molecule has 1 N–H and O–H groups in total. The molecule has 150 valence electrons. The van der Waals surface area contributed by atoms with E-state index in [1.807, 2.05) is 12.1 Å². The molecule has 0 aliphatic carbocycles. The average molecular weight is 404 g/mol. The van der Waals surface area contributed by atoms with E-state index in [2.05, 4.69) is 26.1 Å². The molecule has 0 aliphatic heterocycles. The molecule has 28 heavy (non-hydrogen) atoms. The molecule has 7 heteroatoms. The molecule has 0 radical (unpaired) electrons. The fourth-order valence-electron chi connectivity index (χ4n) is 2.43. The fourth-order valence-corrected chi connectivity index (χ4v) is 3.10. The van der Waals surface area contributed by atoms with Gasteiger partial charge in [0, 0.05) is 11.9 Å². The highest BCUT2D eigenvalue weighted by Gasteiger charge is 2.20. The number of nitrogens with one attached hydrogen (secondary N) is 1. The van der Waals surface area contributed by atoms with Gasteiger partial charge in [-0.2, -0.15) is 0 Å². The molecule has 0 heterocycles. The molecule has 0 fully saturated rings. The molecular formula is C21H25NO5S. The predicted molar refractivity (Wildman–Crippen MR) is 108 cm³/mol. The minimum absolute atomic E-state index is 0.00582. The second kappa shape index (κ2) is 8.14. The van der Waals surface area contributed by atoms with E-state index in [4.69, 9.17) is 4.74 Å². The zero-order chi connectivity index (χ0) is 21.1. The minimum Gasteiger partial charge on any atom is -0.449 e. The lowest BCUT2D eigenvalue weighted by Gasteiger charge is -2.19. The number of hydrogen-bond acceptors (Lipinski definition) is 5. The number of hydrogen-bond donors (Lipinski definition) is 1. The highest BCUT2D eigenvalue weighted by atomic mass is 32.2. The average Bonchev–Trinajstić information content (AvgIpc) is 2.60. The van der Waals surface area contributed by atoms with Gasteiger partial charge in [-0.1, -0.05) is 39.0 Å². The maximum absolute atomic E-state index is 12.3. The monoisotopic (exact) mass is 403 g/mol. The van der Waals surface area contributed by atoms with E-state index in [-0.39, 0.29) is 15.9 Å². The molecule has 0 saturated carbocycles. The highest BCUT2D eigenvalue weighted by Crippen LogP contribution is 2.23. The number of amides is 1. The van der Waals surface area contributed by atoms with Gasteiger partial charge in [0.1, 0.15) is 0 Å². The molecular weight excluding hydrogens is 378 g/mol. The largest absolute Gasteiger partial charge is 0.449 e. The third kappa shape index (κ3) is 5.66. The van der Waals surface area contributed by atoms with Gasteiger partial charge < -0.3 is 10.1 Å². The lowest BCUT2D eigenvalue weighted by atomic mass is 9.87. The van der Waals surface area contributed by atoms with Crippen LogP contribution < -0.4 is 5.32 Å². The number of esters is 1. The first-order valence-corrected chi connectivity index (χ1v) is 10.7. The molecule has 2 aromatic rings. The predicted octanol–water partition coefficient (Wildman–Crippen LogP) is 3.57. The molecule has 1 amide bonds. The fraction of sp³-hybridized carbons (Fsp3) is 0.333. The summed E-state index contributed by atoms with van der Waals surface area (Å²) in [5, 5.41) is 2.70. The lowest BCUT2D eigenvalue weighted by molar-refractivity contribution is -0.123. The van der Waals surface area contributed by atoms with E-state index < -0.39 is 27.8 Å². The Morgan fingerprint density at radius 2 is 1.64 bits per heavy atom. The van der Waals surface area contributed by atoms with Crippen LogP contribution in [0.3, 0.4) is 0 Å². The topological polar surface area (TPSA) is 89.5 Å². The molecule has 1 atom stereocenters. The number of anilines is 1. The highest BCUT2D eigenvalue weighted by molar-refractivity contribution is 7.90. The SMILES string of the molecule is C[C@H](OC(=O)c1cccc(S(C)(=O)=O)c1)C(=O)Nc1ccc(C(C)(C)C)cc1. The number of sulfone groups is 1. The van der Waals surface area contributed by atoms with Crippen LogP contribution in [0.25, 0.3) is 0 Å². The van der Waals surface area contributed by atoms with Crippen molar-refractivity contribution in [2.45, 2.75) is 44.1 Å². The summed E-state index contributed by atoms with van der Waals surface area (Å²) in [5.41, 5.74) is 1.80. The Hall–Kier alpha value is -2.67. The summed E-state index contributed by atoms with van der Waals surface area (Å²) in [6.07, 6.45) is 0.00928. The van der Waals surface area contributed by atoms with Gasteiger partial charge >= 0.3 is 5.97 Å². The summed E-state index contributed by atoms with van der Waals surface area (Å²) in [6, 6.07) is 13.0. The number of benzene rings is 2. The molecule has 0 unspecified atom stereocenters. The Morgan fingerprint density at radius 3 is 2.18 bits per heavy atom. The molecule has 0 saturated heterocycles. The van der Waals surface area contributed by atoms with Crippen molar-refractivity contribution in [3.8, 4) is 0 Å². The van der Waals surface area contributed by atoms with Crippen molar-refractivity contribution in [2.24, 2.45) is 0 Å². The van der Waals surface area contributed by atoms with Gasteiger partial charge in [0.25, 0.3) is 5.91 Å². The Labute approximate surface area is 165 Å². The van der Waals surface area contributed by atoms with Crippen molar-refractivity contribution < 1.29 is 22.7 Å². The minimum atomic E-state index is -3.45. The van der Waals surface area contributed by atoms with Crippen molar-refractivity contribution in [2.75, 3.05) is 11.6 Å². The van der Waals surface area contributed by atoms with Gasteiger partial charge in [-0.15, -0.1) is 0 Å². The van der Waals surface area contributed by atoms with Crippen molar-refractivity contribution in [3.05, 3.63) is 59.7 Å². The van der Waals surface area contributed by atoms with Crippen LogP contribution >= 0.6 is 0 Å². The first kappa shape index (κ1) is 21.6. The quantitative estimate of drug-likeness (QED) is 0.771. The summed E-state index contributed by atoms with van der Waals surface area (Å²) in [4.78, 5) is 24.6. The van der Waals surface area contributed by atoms with Gasteiger partial charge in [0.15, 0.2) is 15.9 Å². The Bertz CT molecular complexity index is 973. The van der Waals surface area contributed by atoms with Crippen LogP contribution in [0.1, 0.15) is 43.6 Å². The van der Waals surface area contributed by atoms with E-state index in [9.17, 15) is 18.0 Å². The van der Waals surface area contributed by atoms with E-state index in [0.29, 0.717) is 5.69 Å². The number of carbonyl (C=O) groups excluding carboxylic acids is 2. The number of ether oxygens (including phenoxy) is 1. The smallest absolute Gasteiger partial charge is 0.338 e. The molecule has 2 rings (SSSR count). The Kier molecular flexibility index (Phi) is 6.29. The molecule has 0 spiro atoms. The summed E-state index contributed by atoms with van der Waals surface area (Å²) >= 11 is 0. The maximum Gasteiger partial charge on any atom is 0.338 e. The summed E-state index contributed by atoms with van der Waals surface area (Å²) in [5.74, 6) is -1.24. The van der Waals surface area contributed by atoms with Gasteiger partial charge in [0.2, 0.25) is 0 Å². The zero-order valence-corrected chi connectivity index (χ0v) is 17.5. The van der Waals surface area contributed by atoms with Gasteiger partial charge in [0.05, 0.1) is 10.5 Å². The first-order valence-electron chi connectivity index (χ1n) is 8.80. The third-order valence-electron chi connectivity index (χ3n) is 4.17. The summed E-state index contributed by atoms with van der Waals surface area (Å²) < 4.78 is 28.4. The maximum atomic E-state index is 12.3. The van der Waals surface area contributed by atoms with Crippen LogP contribution in [0.15, 0.2) is 53.4 Å². The van der Waals surface area contributed by atoms with Crippen LogP contribution in [-0.2, 0) is 24.8 Å². The van der Waals surface area contributed by atoms with Crippen LogP contribution in [0.2, 0.25) is 0 Å². The van der Waals surface area contributed by atoms with Crippen LogP contribution in [0.5, 0.6) is 0 Å². The second-order valence-electron chi connectivity index (χ2n) is 7.66. The molecule has 0 bridgehead atoms. The molecule has 0 aromatic heterocycles. The summed E-state index contributed by atoms with van der Waals surface area (Å²) in [7, 11) is -3.45. The van der Waals surface area contributed by atoms with Crippen molar-refractivity contribution in [1.29, 1.82) is 0 Å². The number of rotatable bonds is 5. The Morgan fingerprint density at radius 1 is 1.04 bits per heavy atom. The summed E-state index contributed by atoms with van der Waals surface area (Å²) in [6.45, 7) is 7.75. The zero-order valence-electron chi connectivity index (χ0n) is 16.6. The van der Waals surface area contributed by atoms with E-state index in [0.717, 1.165) is 11.8 Å². The third-order valence-corrected chi connectivity index (χ3v) is 5.28. The van der Waals surface area contributed by atoms with Crippen LogP contribution in [0.4, 0.5) is 5.69 Å². The van der Waals surface area contributed by atoms with E-state index in [1.54, 1.807) is 12.1 Å². The normalized spacial score (nSPS) is 12.9.